The average molecular weight is 789 g/mol. The molecule has 4 rings (SSSR count). The highest BCUT2D eigenvalue weighted by Gasteiger charge is 2.35. The Balaban J connectivity index is 1.91. The molecule has 2 aliphatic heterocycles. The quantitative estimate of drug-likeness (QED) is 0.0584. The van der Waals surface area contributed by atoms with Gasteiger partial charge in [0.2, 0.25) is 0 Å². The highest BCUT2D eigenvalue weighted by molar-refractivity contribution is 5.55. The second kappa shape index (κ2) is 22.0. The van der Waals surface area contributed by atoms with E-state index in [0.717, 1.165) is 69.7 Å². The summed E-state index contributed by atoms with van der Waals surface area (Å²) in [6.45, 7) is 32.2. The van der Waals surface area contributed by atoms with E-state index in [0.29, 0.717) is 25.4 Å². The maximum Gasteiger partial charge on any atom is 0.126 e. The SMILES string of the molecule is CCCCCC(C)(C)c1cc(Cc2cc(C(C)(C)CCCCC)c(OCCC3CO3)c(C(C)(C)CCCCC)c2)cc(C(C)(C)CCCCC)c1OCCC1CO1. The molecule has 4 heteroatoms. The number of benzene rings is 2. The van der Waals surface area contributed by atoms with E-state index in [-0.39, 0.29) is 21.7 Å². The molecule has 2 aromatic carbocycles. The van der Waals surface area contributed by atoms with Crippen molar-refractivity contribution in [2.45, 2.75) is 239 Å². The molecular formula is C53H88O4. The highest BCUT2D eigenvalue weighted by atomic mass is 16.6. The van der Waals surface area contributed by atoms with Crippen molar-refractivity contribution < 1.29 is 18.9 Å². The van der Waals surface area contributed by atoms with Gasteiger partial charge >= 0.3 is 0 Å². The van der Waals surface area contributed by atoms with Gasteiger partial charge in [0.05, 0.1) is 38.6 Å². The Kier molecular flexibility index (Phi) is 18.4. The first-order valence-corrected chi connectivity index (χ1v) is 23.9. The van der Waals surface area contributed by atoms with Crippen molar-refractivity contribution in [3.05, 3.63) is 57.6 Å². The van der Waals surface area contributed by atoms with Gasteiger partial charge in [-0.25, -0.2) is 0 Å². The predicted octanol–water partition coefficient (Wildman–Crippen LogP) is 15.0. The van der Waals surface area contributed by atoms with Gasteiger partial charge in [-0.1, -0.05) is 184 Å². The van der Waals surface area contributed by atoms with Gasteiger partial charge in [0.25, 0.3) is 0 Å². The smallest absolute Gasteiger partial charge is 0.126 e. The lowest BCUT2D eigenvalue weighted by atomic mass is 9.71. The molecule has 2 aliphatic rings. The third-order valence-electron chi connectivity index (χ3n) is 13.4. The Morgan fingerprint density at radius 1 is 0.456 bits per heavy atom. The van der Waals surface area contributed by atoms with Crippen molar-refractivity contribution in [2.75, 3.05) is 26.4 Å². The monoisotopic (exact) mass is 789 g/mol. The summed E-state index contributed by atoms with van der Waals surface area (Å²) in [5, 5.41) is 0. The van der Waals surface area contributed by atoms with Crippen molar-refractivity contribution in [1.29, 1.82) is 0 Å². The van der Waals surface area contributed by atoms with Crippen LogP contribution in [0.25, 0.3) is 0 Å². The number of hydrogen-bond acceptors (Lipinski definition) is 4. The zero-order valence-corrected chi connectivity index (χ0v) is 39.4. The summed E-state index contributed by atoms with van der Waals surface area (Å²) in [4.78, 5) is 0. The van der Waals surface area contributed by atoms with Gasteiger partial charge in [-0.15, -0.1) is 0 Å². The van der Waals surface area contributed by atoms with Crippen LogP contribution in [0.15, 0.2) is 24.3 Å². The Hall–Kier alpha value is -2.04. The lowest BCUT2D eigenvalue weighted by Gasteiger charge is -2.35. The molecular weight excluding hydrogens is 701 g/mol. The van der Waals surface area contributed by atoms with Gasteiger partial charge in [0, 0.05) is 35.1 Å². The van der Waals surface area contributed by atoms with Crippen LogP contribution in [0.3, 0.4) is 0 Å². The normalized spacial score (nSPS) is 17.3. The van der Waals surface area contributed by atoms with E-state index in [9.17, 15) is 0 Å². The first-order valence-electron chi connectivity index (χ1n) is 23.9. The molecule has 0 bridgehead atoms. The van der Waals surface area contributed by atoms with Crippen molar-refractivity contribution >= 4 is 0 Å². The average Bonchev–Trinajstić information content (AvgIpc) is 4.09. The van der Waals surface area contributed by atoms with E-state index in [1.807, 2.05) is 0 Å². The van der Waals surface area contributed by atoms with Crippen LogP contribution >= 0.6 is 0 Å². The molecule has 0 N–H and O–H groups in total. The second-order valence-corrected chi connectivity index (χ2v) is 20.8. The maximum atomic E-state index is 7.00. The molecule has 2 saturated heterocycles. The molecule has 2 aromatic rings. The summed E-state index contributed by atoms with van der Waals surface area (Å²) in [5.41, 5.74) is 8.38. The van der Waals surface area contributed by atoms with E-state index in [1.165, 1.54) is 110 Å². The van der Waals surface area contributed by atoms with Crippen molar-refractivity contribution in [3.63, 3.8) is 0 Å². The lowest BCUT2D eigenvalue weighted by molar-refractivity contribution is 0.266. The molecule has 0 amide bonds. The van der Waals surface area contributed by atoms with Gasteiger partial charge in [-0.3, -0.25) is 0 Å². The third kappa shape index (κ3) is 14.6. The minimum absolute atomic E-state index is 0.00727. The van der Waals surface area contributed by atoms with E-state index in [4.69, 9.17) is 18.9 Å². The largest absolute Gasteiger partial charge is 0.493 e. The van der Waals surface area contributed by atoms with Crippen LogP contribution < -0.4 is 9.47 Å². The minimum Gasteiger partial charge on any atom is -0.493 e. The first kappa shape index (κ1) is 47.6. The summed E-state index contributed by atoms with van der Waals surface area (Å²) in [7, 11) is 0. The molecule has 4 nitrogen and oxygen atoms in total. The fourth-order valence-electron chi connectivity index (χ4n) is 9.00. The molecule has 0 aliphatic carbocycles. The number of ether oxygens (including phenoxy) is 4. The predicted molar refractivity (Wildman–Crippen MR) is 244 cm³/mol. The molecule has 2 atom stereocenters. The maximum absolute atomic E-state index is 7.00. The van der Waals surface area contributed by atoms with E-state index >= 15 is 0 Å². The van der Waals surface area contributed by atoms with Crippen LogP contribution in [0.2, 0.25) is 0 Å². The zero-order chi connectivity index (χ0) is 41.7. The van der Waals surface area contributed by atoms with Crippen LogP contribution in [-0.2, 0) is 37.6 Å². The van der Waals surface area contributed by atoms with Crippen molar-refractivity contribution in [3.8, 4) is 11.5 Å². The standard InChI is InChI=1S/C53H88O4/c1-13-17-21-27-50(5,6)44-34-40(35-45(51(7,8)28-22-18-14-2)48(44)54-31-25-42-38-56-42)33-41-36-46(52(9,10)29-23-19-15-3)49(55-32-26-43-39-57-43)47(37-41)53(11,12)30-24-20-16-4/h34-37,42-43H,13-33,38-39H2,1-12H3. The van der Waals surface area contributed by atoms with Crippen LogP contribution in [0.5, 0.6) is 11.5 Å². The number of epoxide rings is 2. The van der Waals surface area contributed by atoms with Crippen LogP contribution in [0.1, 0.15) is 232 Å². The van der Waals surface area contributed by atoms with E-state index in [2.05, 4.69) is 107 Å². The fraction of sp³-hybridized carbons (Fsp3) is 0.774. The zero-order valence-electron chi connectivity index (χ0n) is 39.4. The number of hydrogen-bond donors (Lipinski definition) is 0. The Labute approximate surface area is 352 Å². The van der Waals surface area contributed by atoms with Gasteiger partial charge < -0.3 is 18.9 Å². The summed E-state index contributed by atoms with van der Waals surface area (Å²) in [6.07, 6.45) is 23.1. The molecule has 57 heavy (non-hydrogen) atoms. The minimum atomic E-state index is -0.00727. The Morgan fingerprint density at radius 2 is 0.719 bits per heavy atom. The van der Waals surface area contributed by atoms with Crippen molar-refractivity contribution in [1.82, 2.24) is 0 Å². The van der Waals surface area contributed by atoms with Crippen LogP contribution in [-0.4, -0.2) is 38.6 Å². The Bertz CT molecular complexity index is 1290. The van der Waals surface area contributed by atoms with E-state index in [1.54, 1.807) is 0 Å². The van der Waals surface area contributed by atoms with Gasteiger partial charge in [0.1, 0.15) is 11.5 Å². The fourth-order valence-corrected chi connectivity index (χ4v) is 9.00. The molecule has 0 radical (unpaired) electrons. The molecule has 0 spiro atoms. The topological polar surface area (TPSA) is 43.5 Å². The summed E-state index contributed by atoms with van der Waals surface area (Å²) in [5.74, 6) is 2.31. The second-order valence-electron chi connectivity index (χ2n) is 20.8. The summed E-state index contributed by atoms with van der Waals surface area (Å²) in [6, 6.07) is 10.2. The van der Waals surface area contributed by atoms with Crippen molar-refractivity contribution in [2.24, 2.45) is 0 Å². The molecule has 2 heterocycles. The lowest BCUT2D eigenvalue weighted by Crippen LogP contribution is -2.25. The highest BCUT2D eigenvalue weighted by Crippen LogP contribution is 2.47. The molecule has 0 aromatic heterocycles. The molecule has 0 saturated carbocycles. The summed E-state index contributed by atoms with van der Waals surface area (Å²) >= 11 is 0. The third-order valence-corrected chi connectivity index (χ3v) is 13.4. The van der Waals surface area contributed by atoms with Gasteiger partial charge in [-0.2, -0.15) is 0 Å². The first-order chi connectivity index (χ1) is 27.1. The van der Waals surface area contributed by atoms with Gasteiger partial charge in [-0.05, 0) is 64.9 Å². The molecule has 324 valence electrons. The Morgan fingerprint density at radius 3 is 0.947 bits per heavy atom. The molecule has 2 fully saturated rings. The van der Waals surface area contributed by atoms with Crippen LogP contribution in [0.4, 0.5) is 0 Å². The number of unbranched alkanes of at least 4 members (excludes halogenated alkanes) is 8. The van der Waals surface area contributed by atoms with E-state index < -0.39 is 0 Å². The van der Waals surface area contributed by atoms with Gasteiger partial charge in [0.15, 0.2) is 0 Å². The molecule has 2 unspecified atom stereocenters. The summed E-state index contributed by atoms with van der Waals surface area (Å²) < 4.78 is 25.3. The number of rotatable bonds is 30. The van der Waals surface area contributed by atoms with Crippen LogP contribution in [0, 0.1) is 0 Å².